The van der Waals surface area contributed by atoms with Gasteiger partial charge in [-0.1, -0.05) is 31.0 Å². The third-order valence-corrected chi connectivity index (χ3v) is 3.57. The molecule has 1 aromatic rings. The summed E-state index contributed by atoms with van der Waals surface area (Å²) in [5.41, 5.74) is 0. The van der Waals surface area contributed by atoms with Crippen LogP contribution in [0.4, 0.5) is 0 Å². The number of ether oxygens (including phenoxy) is 1. The fraction of sp³-hybridized carbons (Fsp3) is 0.533. The zero-order valence-electron chi connectivity index (χ0n) is 11.2. The number of rotatable bonds is 6. The van der Waals surface area contributed by atoms with E-state index in [0.717, 1.165) is 23.8 Å². The SMILES string of the molecule is S=C(NCCCOc1ccccc1)NC1CCCC1. The first kappa shape index (κ1) is 14.1. The van der Waals surface area contributed by atoms with Crippen molar-refractivity contribution in [2.45, 2.75) is 38.1 Å². The van der Waals surface area contributed by atoms with E-state index in [9.17, 15) is 0 Å². The van der Waals surface area contributed by atoms with E-state index in [2.05, 4.69) is 10.6 Å². The number of benzene rings is 1. The lowest BCUT2D eigenvalue weighted by molar-refractivity contribution is 0.311. The standard InChI is InChI=1S/C15H22N2OS/c19-15(17-13-7-4-5-8-13)16-11-6-12-18-14-9-2-1-3-10-14/h1-3,9-10,13H,4-8,11-12H2,(H2,16,17,19). The normalized spacial score (nSPS) is 15.2. The molecule has 19 heavy (non-hydrogen) atoms. The Labute approximate surface area is 120 Å². The average Bonchev–Trinajstić information content (AvgIpc) is 2.92. The molecular weight excluding hydrogens is 256 g/mol. The Balaban J connectivity index is 1.50. The Morgan fingerprint density at radius 3 is 2.68 bits per heavy atom. The summed E-state index contributed by atoms with van der Waals surface area (Å²) in [4.78, 5) is 0. The van der Waals surface area contributed by atoms with Crippen LogP contribution >= 0.6 is 12.2 Å². The minimum atomic E-state index is 0.584. The minimum Gasteiger partial charge on any atom is -0.494 e. The molecule has 1 aliphatic carbocycles. The maximum Gasteiger partial charge on any atom is 0.166 e. The average molecular weight is 278 g/mol. The smallest absolute Gasteiger partial charge is 0.166 e. The van der Waals surface area contributed by atoms with Crippen LogP contribution in [0.5, 0.6) is 5.75 Å². The predicted molar refractivity (Wildman–Crippen MR) is 82.5 cm³/mol. The quantitative estimate of drug-likeness (QED) is 0.619. The topological polar surface area (TPSA) is 33.3 Å². The predicted octanol–water partition coefficient (Wildman–Crippen LogP) is 2.86. The molecule has 0 aromatic heterocycles. The van der Waals surface area contributed by atoms with Gasteiger partial charge < -0.3 is 15.4 Å². The third kappa shape index (κ3) is 5.47. The van der Waals surface area contributed by atoms with Gasteiger partial charge in [-0.15, -0.1) is 0 Å². The second-order valence-corrected chi connectivity index (χ2v) is 5.30. The molecule has 0 aliphatic heterocycles. The van der Waals surface area contributed by atoms with Crippen molar-refractivity contribution >= 4 is 17.3 Å². The minimum absolute atomic E-state index is 0.584. The molecule has 1 fully saturated rings. The van der Waals surface area contributed by atoms with Gasteiger partial charge in [-0.25, -0.2) is 0 Å². The van der Waals surface area contributed by atoms with Crippen LogP contribution in [0, 0.1) is 0 Å². The molecule has 1 saturated carbocycles. The Kier molecular flexibility index (Phi) is 5.95. The van der Waals surface area contributed by atoms with Gasteiger partial charge in [0.15, 0.2) is 5.11 Å². The summed E-state index contributed by atoms with van der Waals surface area (Å²) in [6.07, 6.45) is 6.09. The first-order chi connectivity index (χ1) is 9.34. The monoisotopic (exact) mass is 278 g/mol. The lowest BCUT2D eigenvalue weighted by atomic mass is 10.3. The van der Waals surface area contributed by atoms with Gasteiger partial charge in [-0.3, -0.25) is 0 Å². The van der Waals surface area contributed by atoms with Gasteiger partial charge in [0, 0.05) is 12.6 Å². The molecule has 0 saturated heterocycles. The van der Waals surface area contributed by atoms with E-state index in [0.29, 0.717) is 12.6 Å². The largest absolute Gasteiger partial charge is 0.494 e. The van der Waals surface area contributed by atoms with E-state index in [-0.39, 0.29) is 0 Å². The zero-order chi connectivity index (χ0) is 13.3. The number of nitrogens with one attached hydrogen (secondary N) is 2. The van der Waals surface area contributed by atoms with Gasteiger partial charge in [0.2, 0.25) is 0 Å². The highest BCUT2D eigenvalue weighted by atomic mass is 32.1. The van der Waals surface area contributed by atoms with Crippen molar-refractivity contribution in [1.29, 1.82) is 0 Å². The van der Waals surface area contributed by atoms with Crippen molar-refractivity contribution in [2.75, 3.05) is 13.2 Å². The van der Waals surface area contributed by atoms with Gasteiger partial charge in [-0.2, -0.15) is 0 Å². The molecule has 0 amide bonds. The molecule has 0 bridgehead atoms. The summed E-state index contributed by atoms with van der Waals surface area (Å²) in [7, 11) is 0. The van der Waals surface area contributed by atoms with Crippen LogP contribution in [0.3, 0.4) is 0 Å². The molecule has 3 nitrogen and oxygen atoms in total. The summed E-state index contributed by atoms with van der Waals surface area (Å²) in [5.74, 6) is 0.925. The van der Waals surface area contributed by atoms with Crippen molar-refractivity contribution in [3.8, 4) is 5.75 Å². The molecular formula is C15H22N2OS. The summed E-state index contributed by atoms with van der Waals surface area (Å²) < 4.78 is 5.62. The van der Waals surface area contributed by atoms with E-state index in [1.165, 1.54) is 25.7 Å². The molecule has 1 aliphatic rings. The highest BCUT2D eigenvalue weighted by Gasteiger charge is 2.14. The van der Waals surface area contributed by atoms with Gasteiger partial charge in [-0.05, 0) is 43.6 Å². The van der Waals surface area contributed by atoms with Crippen LogP contribution in [0.15, 0.2) is 30.3 Å². The summed E-state index contributed by atoms with van der Waals surface area (Å²) in [5, 5.41) is 7.39. The Bertz CT molecular complexity index is 377. The lowest BCUT2D eigenvalue weighted by Gasteiger charge is -2.15. The van der Waals surface area contributed by atoms with Crippen molar-refractivity contribution in [1.82, 2.24) is 10.6 Å². The van der Waals surface area contributed by atoms with Crippen LogP contribution in [0.1, 0.15) is 32.1 Å². The Morgan fingerprint density at radius 1 is 1.21 bits per heavy atom. The molecule has 2 N–H and O–H groups in total. The summed E-state index contributed by atoms with van der Waals surface area (Å²) in [6.45, 7) is 1.56. The van der Waals surface area contributed by atoms with Crippen molar-refractivity contribution in [3.05, 3.63) is 30.3 Å². The van der Waals surface area contributed by atoms with Crippen molar-refractivity contribution in [3.63, 3.8) is 0 Å². The van der Waals surface area contributed by atoms with E-state index in [4.69, 9.17) is 17.0 Å². The van der Waals surface area contributed by atoms with Gasteiger partial charge in [0.25, 0.3) is 0 Å². The second-order valence-electron chi connectivity index (χ2n) is 4.90. The lowest BCUT2D eigenvalue weighted by Crippen LogP contribution is -2.41. The molecule has 2 rings (SSSR count). The molecule has 0 radical (unpaired) electrons. The van der Waals surface area contributed by atoms with E-state index in [1.54, 1.807) is 0 Å². The molecule has 104 valence electrons. The molecule has 4 heteroatoms. The zero-order valence-corrected chi connectivity index (χ0v) is 12.0. The first-order valence-corrected chi connectivity index (χ1v) is 7.47. The summed E-state index contributed by atoms with van der Waals surface area (Å²) in [6, 6.07) is 10.5. The highest BCUT2D eigenvalue weighted by Crippen LogP contribution is 2.17. The Morgan fingerprint density at radius 2 is 1.95 bits per heavy atom. The molecule has 0 heterocycles. The first-order valence-electron chi connectivity index (χ1n) is 7.07. The maximum absolute atomic E-state index is 5.62. The number of hydrogen-bond acceptors (Lipinski definition) is 2. The number of hydrogen-bond donors (Lipinski definition) is 2. The number of thiocarbonyl (C=S) groups is 1. The molecule has 0 atom stereocenters. The fourth-order valence-electron chi connectivity index (χ4n) is 2.29. The van der Waals surface area contributed by atoms with Gasteiger partial charge >= 0.3 is 0 Å². The molecule has 0 unspecified atom stereocenters. The Hall–Kier alpha value is -1.29. The maximum atomic E-state index is 5.62. The van der Waals surface area contributed by atoms with Crippen molar-refractivity contribution < 1.29 is 4.74 Å². The van der Waals surface area contributed by atoms with Crippen molar-refractivity contribution in [2.24, 2.45) is 0 Å². The van der Waals surface area contributed by atoms with Crippen LogP contribution in [-0.2, 0) is 0 Å². The van der Waals surface area contributed by atoms with E-state index < -0.39 is 0 Å². The van der Waals surface area contributed by atoms with E-state index >= 15 is 0 Å². The molecule has 0 spiro atoms. The highest BCUT2D eigenvalue weighted by molar-refractivity contribution is 7.80. The summed E-state index contributed by atoms with van der Waals surface area (Å²) >= 11 is 5.27. The van der Waals surface area contributed by atoms with Crippen LogP contribution in [0.25, 0.3) is 0 Å². The number of para-hydroxylation sites is 1. The third-order valence-electron chi connectivity index (χ3n) is 3.31. The van der Waals surface area contributed by atoms with Crippen LogP contribution in [0.2, 0.25) is 0 Å². The van der Waals surface area contributed by atoms with Crippen LogP contribution in [-0.4, -0.2) is 24.3 Å². The van der Waals surface area contributed by atoms with E-state index in [1.807, 2.05) is 30.3 Å². The van der Waals surface area contributed by atoms with Crippen LogP contribution < -0.4 is 15.4 Å². The second kappa shape index (κ2) is 8.00. The van der Waals surface area contributed by atoms with Gasteiger partial charge in [0.1, 0.15) is 5.75 Å². The molecule has 1 aromatic carbocycles. The fourth-order valence-corrected chi connectivity index (χ4v) is 2.56. The van der Waals surface area contributed by atoms with Gasteiger partial charge in [0.05, 0.1) is 6.61 Å².